The Kier molecular flexibility index (Phi) is 4.96. The molecule has 5 nitrogen and oxygen atoms in total. The standard InChI is InChI=1S/C14H18FN3O2S/c1-18-8-6-12(10-18)17-21(19,20)13-5-4-11(3-2-7-16)14(15)9-13/h4-5,9,12,17H,6-8,10,16H2,1H3. The second-order valence-electron chi connectivity index (χ2n) is 5.02. The number of nitrogens with two attached hydrogens (primary N) is 1. The van der Waals surface area contributed by atoms with Crippen molar-refractivity contribution in [1.29, 1.82) is 0 Å². The van der Waals surface area contributed by atoms with Gasteiger partial charge in [0.15, 0.2) is 0 Å². The molecule has 0 spiro atoms. The molecule has 1 atom stereocenters. The number of hydrogen-bond acceptors (Lipinski definition) is 4. The van der Waals surface area contributed by atoms with E-state index < -0.39 is 15.8 Å². The summed E-state index contributed by atoms with van der Waals surface area (Å²) in [6, 6.07) is 3.55. The predicted octanol–water partition coefficient (Wildman–Crippen LogP) is 0.118. The summed E-state index contributed by atoms with van der Waals surface area (Å²) in [4.78, 5) is 1.95. The van der Waals surface area contributed by atoms with Gasteiger partial charge in [0.1, 0.15) is 5.82 Å². The molecule has 0 saturated carbocycles. The number of likely N-dealkylation sites (tertiary alicyclic amines) is 1. The Hall–Kier alpha value is -1.46. The van der Waals surface area contributed by atoms with Crippen LogP contribution in [-0.2, 0) is 10.0 Å². The van der Waals surface area contributed by atoms with Crippen LogP contribution in [0, 0.1) is 17.7 Å². The van der Waals surface area contributed by atoms with Gasteiger partial charge in [-0.05, 0) is 38.2 Å². The summed E-state index contributed by atoms with van der Waals surface area (Å²) < 4.78 is 40.9. The number of hydrogen-bond donors (Lipinski definition) is 2. The first kappa shape index (κ1) is 15.9. The summed E-state index contributed by atoms with van der Waals surface area (Å²) in [6.45, 7) is 1.62. The van der Waals surface area contributed by atoms with Gasteiger partial charge in [0.05, 0.1) is 17.0 Å². The zero-order chi connectivity index (χ0) is 15.5. The lowest BCUT2D eigenvalue weighted by atomic mass is 10.2. The lowest BCUT2D eigenvalue weighted by Gasteiger charge is -2.13. The lowest BCUT2D eigenvalue weighted by molar-refractivity contribution is 0.407. The van der Waals surface area contributed by atoms with Crippen molar-refractivity contribution >= 4 is 10.0 Å². The maximum absolute atomic E-state index is 13.8. The van der Waals surface area contributed by atoms with Crippen LogP contribution in [0.2, 0.25) is 0 Å². The number of nitrogens with zero attached hydrogens (tertiary/aromatic N) is 1. The number of sulfonamides is 1. The van der Waals surface area contributed by atoms with Crippen LogP contribution in [0.25, 0.3) is 0 Å². The maximum atomic E-state index is 13.8. The monoisotopic (exact) mass is 311 g/mol. The van der Waals surface area contributed by atoms with Gasteiger partial charge in [-0.25, -0.2) is 17.5 Å². The second kappa shape index (κ2) is 6.54. The first-order valence-electron chi connectivity index (χ1n) is 6.62. The highest BCUT2D eigenvalue weighted by Gasteiger charge is 2.25. The molecule has 1 heterocycles. The predicted molar refractivity (Wildman–Crippen MR) is 78.6 cm³/mol. The van der Waals surface area contributed by atoms with Gasteiger partial charge >= 0.3 is 0 Å². The molecule has 0 amide bonds. The molecule has 0 bridgehead atoms. The molecule has 3 N–H and O–H groups in total. The Morgan fingerprint density at radius 1 is 1.52 bits per heavy atom. The zero-order valence-electron chi connectivity index (χ0n) is 11.8. The Bertz CT molecular complexity index is 679. The van der Waals surface area contributed by atoms with Gasteiger partial charge in [-0.15, -0.1) is 0 Å². The van der Waals surface area contributed by atoms with Crippen LogP contribution in [-0.4, -0.2) is 46.0 Å². The quantitative estimate of drug-likeness (QED) is 0.778. The average Bonchev–Trinajstić information content (AvgIpc) is 2.82. The minimum absolute atomic E-state index is 0.0900. The molecule has 0 radical (unpaired) electrons. The fourth-order valence-electron chi connectivity index (χ4n) is 2.23. The average molecular weight is 311 g/mol. The molecule has 1 aliphatic heterocycles. The molecule has 7 heteroatoms. The van der Waals surface area contributed by atoms with Gasteiger partial charge in [0.2, 0.25) is 10.0 Å². The Labute approximate surface area is 124 Å². The van der Waals surface area contributed by atoms with Crippen LogP contribution in [0.3, 0.4) is 0 Å². The van der Waals surface area contributed by atoms with E-state index in [1.807, 2.05) is 11.9 Å². The third kappa shape index (κ3) is 4.02. The Morgan fingerprint density at radius 2 is 2.29 bits per heavy atom. The molecule has 1 fully saturated rings. The molecule has 0 aromatic heterocycles. The molecular formula is C14H18FN3O2S. The van der Waals surface area contributed by atoms with E-state index in [1.165, 1.54) is 12.1 Å². The molecule has 1 aromatic rings. The van der Waals surface area contributed by atoms with Crippen molar-refractivity contribution in [3.63, 3.8) is 0 Å². The Balaban J connectivity index is 2.18. The maximum Gasteiger partial charge on any atom is 0.240 e. The van der Waals surface area contributed by atoms with E-state index in [0.29, 0.717) is 6.54 Å². The first-order chi connectivity index (χ1) is 9.92. The van der Waals surface area contributed by atoms with Crippen LogP contribution in [0.15, 0.2) is 23.1 Å². The number of rotatable bonds is 3. The van der Waals surface area contributed by atoms with Crippen LogP contribution in [0.4, 0.5) is 4.39 Å². The summed E-state index contributed by atoms with van der Waals surface area (Å²) >= 11 is 0. The van der Waals surface area contributed by atoms with E-state index in [2.05, 4.69) is 16.6 Å². The summed E-state index contributed by atoms with van der Waals surface area (Å²) in [5.41, 5.74) is 5.36. The van der Waals surface area contributed by atoms with E-state index in [0.717, 1.165) is 19.0 Å². The molecule has 1 aliphatic rings. The van der Waals surface area contributed by atoms with E-state index in [9.17, 15) is 12.8 Å². The van der Waals surface area contributed by atoms with E-state index in [4.69, 9.17) is 5.73 Å². The van der Waals surface area contributed by atoms with Crippen molar-refractivity contribution in [2.24, 2.45) is 5.73 Å². The minimum atomic E-state index is -3.72. The zero-order valence-corrected chi connectivity index (χ0v) is 12.6. The first-order valence-corrected chi connectivity index (χ1v) is 8.10. The highest BCUT2D eigenvalue weighted by molar-refractivity contribution is 7.89. The number of nitrogens with one attached hydrogen (secondary N) is 1. The molecule has 1 saturated heterocycles. The number of halogens is 1. The normalized spacial score (nSPS) is 19.3. The van der Waals surface area contributed by atoms with Gasteiger partial charge in [0, 0.05) is 12.6 Å². The summed E-state index contributed by atoms with van der Waals surface area (Å²) in [7, 11) is -1.79. The van der Waals surface area contributed by atoms with Gasteiger partial charge in [0.25, 0.3) is 0 Å². The van der Waals surface area contributed by atoms with Crippen LogP contribution < -0.4 is 10.5 Å². The molecule has 1 unspecified atom stereocenters. The Morgan fingerprint density at radius 3 is 2.86 bits per heavy atom. The second-order valence-corrected chi connectivity index (χ2v) is 6.73. The smallest absolute Gasteiger partial charge is 0.240 e. The van der Waals surface area contributed by atoms with E-state index >= 15 is 0 Å². The van der Waals surface area contributed by atoms with Crippen LogP contribution in [0.5, 0.6) is 0 Å². The summed E-state index contributed by atoms with van der Waals surface area (Å²) in [6.07, 6.45) is 0.748. The number of likely N-dealkylation sites (N-methyl/N-ethyl adjacent to an activating group) is 1. The molecule has 114 valence electrons. The third-order valence-electron chi connectivity index (χ3n) is 3.29. The molecule has 21 heavy (non-hydrogen) atoms. The van der Waals surface area contributed by atoms with Crippen LogP contribution >= 0.6 is 0 Å². The van der Waals surface area contributed by atoms with E-state index in [-0.39, 0.29) is 23.0 Å². The van der Waals surface area contributed by atoms with Crippen molar-refractivity contribution in [2.45, 2.75) is 17.4 Å². The van der Waals surface area contributed by atoms with Crippen molar-refractivity contribution in [3.8, 4) is 11.8 Å². The highest BCUT2D eigenvalue weighted by atomic mass is 32.2. The third-order valence-corrected chi connectivity index (χ3v) is 4.81. The van der Waals surface area contributed by atoms with Crippen molar-refractivity contribution in [1.82, 2.24) is 9.62 Å². The molecule has 2 rings (SSSR count). The largest absolute Gasteiger partial charge is 0.320 e. The summed E-state index contributed by atoms with van der Waals surface area (Å²) in [5, 5.41) is 0. The van der Waals surface area contributed by atoms with Gasteiger partial charge in [-0.2, -0.15) is 0 Å². The fourth-order valence-corrected chi connectivity index (χ4v) is 3.50. The van der Waals surface area contributed by atoms with Crippen LogP contribution in [0.1, 0.15) is 12.0 Å². The topological polar surface area (TPSA) is 75.4 Å². The van der Waals surface area contributed by atoms with Crippen molar-refractivity contribution < 1.29 is 12.8 Å². The SMILES string of the molecule is CN1CCC(NS(=O)(=O)c2ccc(C#CCN)c(F)c2)C1. The van der Waals surface area contributed by atoms with Gasteiger partial charge in [-0.1, -0.05) is 11.8 Å². The molecule has 0 aliphatic carbocycles. The van der Waals surface area contributed by atoms with Crippen molar-refractivity contribution in [2.75, 3.05) is 26.7 Å². The highest BCUT2D eigenvalue weighted by Crippen LogP contribution is 2.16. The lowest BCUT2D eigenvalue weighted by Crippen LogP contribution is -2.36. The molecule has 1 aromatic carbocycles. The minimum Gasteiger partial charge on any atom is -0.320 e. The van der Waals surface area contributed by atoms with Crippen molar-refractivity contribution in [3.05, 3.63) is 29.6 Å². The van der Waals surface area contributed by atoms with Gasteiger partial charge in [-0.3, -0.25) is 0 Å². The fraction of sp³-hybridized carbons (Fsp3) is 0.429. The van der Waals surface area contributed by atoms with Gasteiger partial charge < -0.3 is 10.6 Å². The number of benzene rings is 1. The summed E-state index contributed by atoms with van der Waals surface area (Å²) in [5.74, 6) is 4.43. The van der Waals surface area contributed by atoms with E-state index in [1.54, 1.807) is 0 Å². The molecular weight excluding hydrogens is 293 g/mol.